The lowest BCUT2D eigenvalue weighted by atomic mass is 10.0. The predicted octanol–water partition coefficient (Wildman–Crippen LogP) is 2.36. The fourth-order valence-corrected chi connectivity index (χ4v) is 1.87. The first-order valence-electron chi connectivity index (χ1n) is 6.54. The standard InChI is InChI=1S/C14H19NO5/c1-3-19-13(20-4-2)10-12(16)14(15(17)18)11-8-6-5-7-9-11/h5-9,13-14H,3-4,10H2,1-2H3. The first kappa shape index (κ1) is 16.3. The predicted molar refractivity (Wildman–Crippen MR) is 72.8 cm³/mol. The van der Waals surface area contributed by atoms with Gasteiger partial charge in [-0.15, -0.1) is 0 Å². The molecule has 20 heavy (non-hydrogen) atoms. The highest BCUT2D eigenvalue weighted by Crippen LogP contribution is 2.20. The molecule has 1 rings (SSSR count). The van der Waals surface area contributed by atoms with E-state index in [9.17, 15) is 14.9 Å². The van der Waals surface area contributed by atoms with Crippen molar-refractivity contribution < 1.29 is 19.2 Å². The fraction of sp³-hybridized carbons (Fsp3) is 0.500. The summed E-state index contributed by atoms with van der Waals surface area (Å²) in [5.41, 5.74) is 0.370. The topological polar surface area (TPSA) is 78.7 Å². The van der Waals surface area contributed by atoms with Gasteiger partial charge in [-0.2, -0.15) is 0 Å². The van der Waals surface area contributed by atoms with Crippen molar-refractivity contribution in [2.45, 2.75) is 32.6 Å². The molecular weight excluding hydrogens is 262 g/mol. The maximum Gasteiger partial charge on any atom is 0.295 e. The Hall–Kier alpha value is -1.79. The van der Waals surface area contributed by atoms with Crippen molar-refractivity contribution in [3.8, 4) is 0 Å². The van der Waals surface area contributed by atoms with Gasteiger partial charge >= 0.3 is 0 Å². The summed E-state index contributed by atoms with van der Waals surface area (Å²) in [4.78, 5) is 22.7. The molecule has 0 spiro atoms. The second kappa shape index (κ2) is 8.39. The summed E-state index contributed by atoms with van der Waals surface area (Å²) in [5.74, 6) is -0.520. The Kier molecular flexibility index (Phi) is 6.83. The van der Waals surface area contributed by atoms with Crippen molar-refractivity contribution in [3.05, 3.63) is 46.0 Å². The third-order valence-electron chi connectivity index (χ3n) is 2.70. The second-order valence-electron chi connectivity index (χ2n) is 4.11. The van der Waals surface area contributed by atoms with Crippen LogP contribution in [-0.4, -0.2) is 30.2 Å². The fourth-order valence-electron chi connectivity index (χ4n) is 1.87. The van der Waals surface area contributed by atoms with Crippen LogP contribution in [0.3, 0.4) is 0 Å². The minimum Gasteiger partial charge on any atom is -0.352 e. The number of ether oxygens (including phenoxy) is 2. The van der Waals surface area contributed by atoms with Crippen LogP contribution in [0, 0.1) is 10.1 Å². The lowest BCUT2D eigenvalue weighted by Gasteiger charge is -2.17. The molecule has 0 N–H and O–H groups in total. The van der Waals surface area contributed by atoms with Gasteiger partial charge in [-0.05, 0) is 13.8 Å². The maximum atomic E-state index is 12.1. The quantitative estimate of drug-likeness (QED) is 0.394. The molecular formula is C14H19NO5. The van der Waals surface area contributed by atoms with E-state index in [1.807, 2.05) is 0 Å². The van der Waals surface area contributed by atoms with Crippen LogP contribution in [0.25, 0.3) is 0 Å². The van der Waals surface area contributed by atoms with Crippen LogP contribution < -0.4 is 0 Å². The van der Waals surface area contributed by atoms with Gasteiger partial charge in [-0.1, -0.05) is 30.3 Å². The maximum absolute atomic E-state index is 12.1. The molecule has 0 aliphatic rings. The molecule has 0 amide bonds. The van der Waals surface area contributed by atoms with E-state index in [1.54, 1.807) is 44.2 Å². The van der Waals surface area contributed by atoms with Crippen molar-refractivity contribution >= 4 is 5.78 Å². The number of nitro groups is 1. The number of benzene rings is 1. The summed E-state index contributed by atoms with van der Waals surface area (Å²) >= 11 is 0. The van der Waals surface area contributed by atoms with Crippen LogP contribution >= 0.6 is 0 Å². The number of carbonyl (C=O) groups is 1. The van der Waals surface area contributed by atoms with Gasteiger partial charge < -0.3 is 9.47 Å². The number of nitrogens with zero attached hydrogens (tertiary/aromatic N) is 1. The van der Waals surface area contributed by atoms with E-state index in [2.05, 4.69) is 0 Å². The molecule has 0 aliphatic carbocycles. The minimum absolute atomic E-state index is 0.137. The highest BCUT2D eigenvalue weighted by molar-refractivity contribution is 5.84. The summed E-state index contributed by atoms with van der Waals surface area (Å²) in [7, 11) is 0. The molecule has 1 aromatic rings. The van der Waals surface area contributed by atoms with E-state index in [1.165, 1.54) is 0 Å². The summed E-state index contributed by atoms with van der Waals surface area (Å²) in [5, 5.41) is 11.1. The van der Waals surface area contributed by atoms with E-state index in [0.29, 0.717) is 18.8 Å². The van der Waals surface area contributed by atoms with Gasteiger partial charge in [0.25, 0.3) is 6.04 Å². The molecule has 110 valence electrons. The molecule has 0 aromatic heterocycles. The number of Topliss-reactive ketones (excluding diaryl/α,β-unsaturated/α-hetero) is 1. The Morgan fingerprint density at radius 1 is 1.20 bits per heavy atom. The zero-order valence-corrected chi connectivity index (χ0v) is 11.7. The van der Waals surface area contributed by atoms with Gasteiger partial charge in [0.1, 0.15) is 0 Å². The van der Waals surface area contributed by atoms with Crippen LogP contribution in [0.15, 0.2) is 30.3 Å². The lowest BCUT2D eigenvalue weighted by Crippen LogP contribution is -2.28. The van der Waals surface area contributed by atoms with E-state index in [-0.39, 0.29) is 6.42 Å². The zero-order valence-electron chi connectivity index (χ0n) is 11.7. The third kappa shape index (κ3) is 4.71. The van der Waals surface area contributed by atoms with E-state index < -0.39 is 23.0 Å². The van der Waals surface area contributed by atoms with Crippen LogP contribution in [0.5, 0.6) is 0 Å². The Morgan fingerprint density at radius 3 is 2.20 bits per heavy atom. The molecule has 6 nitrogen and oxygen atoms in total. The van der Waals surface area contributed by atoms with E-state index in [0.717, 1.165) is 0 Å². The molecule has 0 radical (unpaired) electrons. The van der Waals surface area contributed by atoms with Crippen molar-refractivity contribution in [3.63, 3.8) is 0 Å². The monoisotopic (exact) mass is 281 g/mol. The number of rotatable bonds is 9. The van der Waals surface area contributed by atoms with Crippen LogP contribution in [0.4, 0.5) is 0 Å². The van der Waals surface area contributed by atoms with E-state index >= 15 is 0 Å². The summed E-state index contributed by atoms with van der Waals surface area (Å²) in [6.07, 6.45) is -0.869. The molecule has 0 saturated heterocycles. The number of ketones is 1. The zero-order chi connectivity index (χ0) is 15.0. The van der Waals surface area contributed by atoms with Crippen molar-refractivity contribution in [2.24, 2.45) is 0 Å². The summed E-state index contributed by atoms with van der Waals surface area (Å²) < 4.78 is 10.5. The van der Waals surface area contributed by atoms with Crippen LogP contribution in [-0.2, 0) is 14.3 Å². The smallest absolute Gasteiger partial charge is 0.295 e. The molecule has 1 atom stereocenters. The Morgan fingerprint density at radius 2 is 1.75 bits per heavy atom. The van der Waals surface area contributed by atoms with Crippen molar-refractivity contribution in [1.29, 1.82) is 0 Å². The van der Waals surface area contributed by atoms with Gasteiger partial charge in [-0.25, -0.2) is 0 Å². The minimum atomic E-state index is -1.38. The molecule has 6 heteroatoms. The Balaban J connectivity index is 2.82. The highest BCUT2D eigenvalue weighted by atomic mass is 16.7. The summed E-state index contributed by atoms with van der Waals surface area (Å²) in [6.45, 7) is 4.32. The molecule has 0 aliphatic heterocycles. The highest BCUT2D eigenvalue weighted by Gasteiger charge is 2.33. The lowest BCUT2D eigenvalue weighted by molar-refractivity contribution is -0.513. The second-order valence-corrected chi connectivity index (χ2v) is 4.11. The third-order valence-corrected chi connectivity index (χ3v) is 2.70. The van der Waals surface area contributed by atoms with Crippen molar-refractivity contribution in [1.82, 2.24) is 0 Å². The average Bonchev–Trinajstić information content (AvgIpc) is 2.40. The molecule has 0 saturated carbocycles. The van der Waals surface area contributed by atoms with Gasteiger partial charge in [-0.3, -0.25) is 14.9 Å². The largest absolute Gasteiger partial charge is 0.352 e. The Labute approximate surface area is 117 Å². The van der Waals surface area contributed by atoms with Gasteiger partial charge in [0.15, 0.2) is 6.29 Å². The first-order valence-corrected chi connectivity index (χ1v) is 6.54. The van der Waals surface area contributed by atoms with Gasteiger partial charge in [0.2, 0.25) is 5.78 Å². The Bertz CT molecular complexity index is 428. The molecule has 0 heterocycles. The van der Waals surface area contributed by atoms with Crippen LogP contribution in [0.2, 0.25) is 0 Å². The number of hydrogen-bond donors (Lipinski definition) is 0. The van der Waals surface area contributed by atoms with Crippen LogP contribution in [0.1, 0.15) is 31.9 Å². The molecule has 1 unspecified atom stereocenters. The molecule has 0 fully saturated rings. The first-order chi connectivity index (χ1) is 9.60. The van der Waals surface area contributed by atoms with Gasteiger partial charge in [0.05, 0.1) is 6.42 Å². The average molecular weight is 281 g/mol. The molecule has 0 bridgehead atoms. The molecule has 1 aromatic carbocycles. The number of hydrogen-bond acceptors (Lipinski definition) is 5. The number of carbonyl (C=O) groups excluding carboxylic acids is 1. The SMILES string of the molecule is CCOC(CC(=O)C(c1ccccc1)[N+](=O)[O-])OCC. The summed E-state index contributed by atoms with van der Waals surface area (Å²) in [6, 6.07) is 6.85. The normalized spacial score (nSPS) is 12.3. The van der Waals surface area contributed by atoms with E-state index in [4.69, 9.17) is 9.47 Å². The van der Waals surface area contributed by atoms with Gasteiger partial charge in [0, 0.05) is 23.7 Å². The van der Waals surface area contributed by atoms with Crippen molar-refractivity contribution in [2.75, 3.05) is 13.2 Å².